The van der Waals surface area contributed by atoms with E-state index >= 15 is 0 Å². The smallest absolute Gasteiger partial charge is 0.258 e. The summed E-state index contributed by atoms with van der Waals surface area (Å²) in [6, 6.07) is 11.3. The van der Waals surface area contributed by atoms with E-state index in [-0.39, 0.29) is 5.91 Å². The van der Waals surface area contributed by atoms with E-state index in [0.717, 1.165) is 12.0 Å². The minimum atomic E-state index is -0.394. The summed E-state index contributed by atoms with van der Waals surface area (Å²) in [6.07, 6.45) is 3.73. The Bertz CT molecular complexity index is 1010. The van der Waals surface area contributed by atoms with Crippen molar-refractivity contribution >= 4 is 17.6 Å². The fourth-order valence-electron chi connectivity index (χ4n) is 3.15. The van der Waals surface area contributed by atoms with Crippen molar-refractivity contribution in [1.29, 1.82) is 0 Å². The van der Waals surface area contributed by atoms with Gasteiger partial charge in [-0.25, -0.2) is 0 Å². The van der Waals surface area contributed by atoms with Gasteiger partial charge in [-0.1, -0.05) is 29.4 Å². The highest BCUT2D eigenvalue weighted by Crippen LogP contribution is 2.20. The van der Waals surface area contributed by atoms with E-state index in [1.165, 1.54) is 18.0 Å². The molecule has 0 atom stereocenters. The zero-order valence-electron chi connectivity index (χ0n) is 14.8. The van der Waals surface area contributed by atoms with Crippen molar-refractivity contribution in [3.8, 4) is 0 Å². The van der Waals surface area contributed by atoms with Gasteiger partial charge in [0.15, 0.2) is 5.82 Å². The molecule has 1 aliphatic rings. The van der Waals surface area contributed by atoms with E-state index in [1.54, 1.807) is 24.0 Å². The summed E-state index contributed by atoms with van der Waals surface area (Å²) < 4.78 is 4.93. The number of aromatic nitrogens is 2. The predicted octanol–water partition coefficient (Wildman–Crippen LogP) is 2.83. The fourth-order valence-corrected chi connectivity index (χ4v) is 3.15. The van der Waals surface area contributed by atoms with Crippen LogP contribution in [0.4, 0.5) is 5.82 Å². The molecule has 0 radical (unpaired) electrons. The highest BCUT2D eigenvalue weighted by atomic mass is 16.5. The number of pyridine rings is 1. The fraction of sp³-hybridized carbons (Fsp3) is 0.200. The van der Waals surface area contributed by atoms with Gasteiger partial charge in [0.25, 0.3) is 11.8 Å². The van der Waals surface area contributed by atoms with Crippen LogP contribution in [0, 0.1) is 6.92 Å². The van der Waals surface area contributed by atoms with Crippen molar-refractivity contribution in [2.75, 3.05) is 11.9 Å². The third-order valence-electron chi connectivity index (χ3n) is 4.53. The van der Waals surface area contributed by atoms with Crippen LogP contribution in [0.2, 0.25) is 0 Å². The molecule has 0 spiro atoms. The maximum atomic E-state index is 12.9. The normalized spacial score (nSPS) is 13.1. The minimum Gasteiger partial charge on any atom is -0.360 e. The molecule has 1 aliphatic heterocycles. The third-order valence-corrected chi connectivity index (χ3v) is 4.53. The molecule has 4 rings (SSSR count). The molecule has 0 bridgehead atoms. The molecule has 7 nitrogen and oxygen atoms in total. The van der Waals surface area contributed by atoms with Crippen molar-refractivity contribution in [2.45, 2.75) is 19.9 Å². The molecule has 2 amide bonds. The average Bonchev–Trinajstić information content (AvgIpc) is 3.11. The number of amides is 2. The first-order valence-electron chi connectivity index (χ1n) is 8.66. The van der Waals surface area contributed by atoms with Gasteiger partial charge in [-0.15, -0.1) is 0 Å². The highest BCUT2D eigenvalue weighted by molar-refractivity contribution is 6.05. The molecular weight excluding hydrogens is 344 g/mol. The van der Waals surface area contributed by atoms with Crippen LogP contribution >= 0.6 is 0 Å². The van der Waals surface area contributed by atoms with Crippen LogP contribution < -0.4 is 5.32 Å². The third kappa shape index (κ3) is 3.57. The standard InChI is InChI=1S/C20H18N4O3/c1-13-8-18(23-27-13)22-19(25)16-9-17(11-21-10-16)20(26)24-7-6-14-4-2-3-5-15(14)12-24/h2-5,8-11H,6-7,12H2,1H3,(H,22,23,25). The summed E-state index contributed by atoms with van der Waals surface area (Å²) >= 11 is 0. The quantitative estimate of drug-likeness (QED) is 0.774. The number of carbonyl (C=O) groups excluding carboxylic acids is 2. The maximum Gasteiger partial charge on any atom is 0.258 e. The molecule has 0 saturated carbocycles. The first-order chi connectivity index (χ1) is 13.1. The van der Waals surface area contributed by atoms with E-state index in [4.69, 9.17) is 4.52 Å². The second kappa shape index (κ2) is 7.03. The van der Waals surface area contributed by atoms with Gasteiger partial charge < -0.3 is 14.7 Å². The summed E-state index contributed by atoms with van der Waals surface area (Å²) in [6.45, 7) is 2.94. The number of carbonyl (C=O) groups is 2. The van der Waals surface area contributed by atoms with Gasteiger partial charge in [0, 0.05) is 31.5 Å². The number of nitrogens with one attached hydrogen (secondary N) is 1. The summed E-state index contributed by atoms with van der Waals surface area (Å²) in [4.78, 5) is 31.1. The number of fused-ring (bicyclic) bond motifs is 1. The van der Waals surface area contributed by atoms with Crippen LogP contribution in [0.3, 0.4) is 0 Å². The molecule has 1 N–H and O–H groups in total. The largest absolute Gasteiger partial charge is 0.360 e. The first-order valence-corrected chi connectivity index (χ1v) is 8.66. The highest BCUT2D eigenvalue weighted by Gasteiger charge is 2.22. The van der Waals surface area contributed by atoms with Crippen LogP contribution in [-0.4, -0.2) is 33.4 Å². The van der Waals surface area contributed by atoms with Gasteiger partial charge in [-0.2, -0.15) is 0 Å². The Morgan fingerprint density at radius 1 is 1.11 bits per heavy atom. The lowest BCUT2D eigenvalue weighted by Crippen LogP contribution is -2.36. The second-order valence-electron chi connectivity index (χ2n) is 6.48. The zero-order chi connectivity index (χ0) is 18.8. The van der Waals surface area contributed by atoms with Gasteiger partial charge in [-0.05, 0) is 30.5 Å². The van der Waals surface area contributed by atoms with Gasteiger partial charge in [-0.3, -0.25) is 14.6 Å². The molecule has 1 aromatic carbocycles. The number of rotatable bonds is 3. The molecule has 3 aromatic rings. The monoisotopic (exact) mass is 362 g/mol. The van der Waals surface area contributed by atoms with Crippen molar-refractivity contribution in [1.82, 2.24) is 15.0 Å². The van der Waals surface area contributed by atoms with E-state index in [1.807, 2.05) is 18.2 Å². The number of hydrogen-bond acceptors (Lipinski definition) is 5. The first kappa shape index (κ1) is 17.0. The van der Waals surface area contributed by atoms with Crippen LogP contribution in [0.15, 0.2) is 53.3 Å². The molecule has 2 aromatic heterocycles. The number of benzene rings is 1. The summed E-state index contributed by atoms with van der Waals surface area (Å²) in [7, 11) is 0. The molecule has 136 valence electrons. The lowest BCUT2D eigenvalue weighted by Gasteiger charge is -2.28. The number of anilines is 1. The van der Waals surface area contributed by atoms with Crippen LogP contribution in [0.1, 0.15) is 37.6 Å². The lowest BCUT2D eigenvalue weighted by molar-refractivity contribution is 0.0734. The van der Waals surface area contributed by atoms with E-state index in [2.05, 4.69) is 21.5 Å². The maximum absolute atomic E-state index is 12.9. The van der Waals surface area contributed by atoms with Gasteiger partial charge in [0.2, 0.25) is 0 Å². The van der Waals surface area contributed by atoms with Crippen molar-refractivity contribution in [3.05, 3.63) is 76.8 Å². The molecule has 0 unspecified atom stereocenters. The Labute approximate surface area is 156 Å². The van der Waals surface area contributed by atoms with Crippen LogP contribution in [-0.2, 0) is 13.0 Å². The van der Waals surface area contributed by atoms with Crippen molar-refractivity contribution < 1.29 is 14.1 Å². The van der Waals surface area contributed by atoms with Crippen LogP contribution in [0.5, 0.6) is 0 Å². The lowest BCUT2D eigenvalue weighted by atomic mass is 9.99. The topological polar surface area (TPSA) is 88.3 Å². The zero-order valence-corrected chi connectivity index (χ0v) is 14.8. The second-order valence-corrected chi connectivity index (χ2v) is 6.48. The van der Waals surface area contributed by atoms with Crippen molar-refractivity contribution in [3.63, 3.8) is 0 Å². The van der Waals surface area contributed by atoms with Gasteiger partial charge in [0.1, 0.15) is 5.76 Å². The Balaban J connectivity index is 1.50. The van der Waals surface area contributed by atoms with E-state index in [9.17, 15) is 9.59 Å². The summed E-state index contributed by atoms with van der Waals surface area (Å²) in [5, 5.41) is 6.36. The SMILES string of the molecule is Cc1cc(NC(=O)c2cncc(C(=O)N3CCc4ccccc4C3)c2)no1. The molecular formula is C20H18N4O3. The van der Waals surface area contributed by atoms with Gasteiger partial charge in [0.05, 0.1) is 11.1 Å². The van der Waals surface area contributed by atoms with Gasteiger partial charge >= 0.3 is 0 Å². The molecule has 3 heterocycles. The average molecular weight is 362 g/mol. The van der Waals surface area contributed by atoms with E-state index in [0.29, 0.717) is 35.8 Å². The molecule has 0 fully saturated rings. The Morgan fingerprint density at radius 3 is 2.67 bits per heavy atom. The minimum absolute atomic E-state index is 0.135. The number of nitrogens with zero attached hydrogens (tertiary/aromatic N) is 3. The Kier molecular flexibility index (Phi) is 4.42. The molecule has 7 heteroatoms. The Hall–Kier alpha value is -3.48. The molecule has 0 aliphatic carbocycles. The van der Waals surface area contributed by atoms with Crippen molar-refractivity contribution in [2.24, 2.45) is 0 Å². The number of hydrogen-bond donors (Lipinski definition) is 1. The van der Waals surface area contributed by atoms with E-state index < -0.39 is 5.91 Å². The number of aryl methyl sites for hydroxylation is 1. The predicted molar refractivity (Wildman–Crippen MR) is 98.3 cm³/mol. The molecule has 27 heavy (non-hydrogen) atoms. The summed E-state index contributed by atoms with van der Waals surface area (Å²) in [5.74, 6) is 0.387. The Morgan fingerprint density at radius 2 is 1.89 bits per heavy atom. The van der Waals surface area contributed by atoms with Crippen LogP contribution in [0.25, 0.3) is 0 Å². The molecule has 0 saturated heterocycles. The summed E-state index contributed by atoms with van der Waals surface area (Å²) in [5.41, 5.74) is 3.10.